The number of rotatable bonds is 14. The largest absolute Gasteiger partial charge is 0.508 e. The van der Waals surface area contributed by atoms with E-state index in [0.717, 1.165) is 6.42 Å². The molecule has 0 aromatic rings. The molecule has 0 aliphatic carbocycles. The zero-order valence-corrected chi connectivity index (χ0v) is 20.7. The number of hydrogen-bond donors (Lipinski definition) is 0. The molecule has 0 aromatic carbocycles. The number of carbonyl (C=O) groups is 1. The lowest BCUT2D eigenvalue weighted by atomic mass is 10.5. The summed E-state index contributed by atoms with van der Waals surface area (Å²) in [7, 11) is -4.15. The van der Waals surface area contributed by atoms with Crippen LogP contribution in [0.3, 0.4) is 0 Å². The first-order valence-electron chi connectivity index (χ1n) is 9.76. The monoisotopic (exact) mass is 412 g/mol. The van der Waals surface area contributed by atoms with Crippen molar-refractivity contribution in [3.63, 3.8) is 0 Å². The Morgan fingerprint density at radius 2 is 1.27 bits per heavy atom. The van der Waals surface area contributed by atoms with Crippen molar-refractivity contribution >= 4 is 30.4 Å². The van der Waals surface area contributed by atoms with E-state index in [0.29, 0.717) is 13.2 Å². The minimum absolute atomic E-state index is 0.368. The maximum Gasteiger partial charge on any atom is 0.508 e. The molecule has 6 heteroatoms. The van der Waals surface area contributed by atoms with Gasteiger partial charge in [0.25, 0.3) is 0 Å². The molecule has 0 aliphatic heterocycles. The van der Waals surface area contributed by atoms with Gasteiger partial charge in [0, 0.05) is 16.1 Å². The van der Waals surface area contributed by atoms with E-state index in [1.807, 2.05) is 0 Å². The summed E-state index contributed by atoms with van der Waals surface area (Å²) in [6.07, 6.45) is 0.402. The van der Waals surface area contributed by atoms with Crippen LogP contribution in [0.15, 0.2) is 36.8 Å². The topological polar surface area (TPSA) is 35.5 Å². The Morgan fingerprint density at radius 1 is 0.808 bits per heavy atom. The van der Waals surface area contributed by atoms with Gasteiger partial charge in [0.1, 0.15) is 8.07 Å². The van der Waals surface area contributed by atoms with Crippen LogP contribution in [-0.4, -0.2) is 43.6 Å². The fourth-order valence-corrected chi connectivity index (χ4v) is 15.5. The van der Waals surface area contributed by atoms with Gasteiger partial charge in [-0.1, -0.05) is 67.5 Å². The second kappa shape index (κ2) is 11.8. The molecule has 3 nitrogen and oxygen atoms in total. The van der Waals surface area contributed by atoms with E-state index in [1.54, 1.807) is 6.92 Å². The molecular weight excluding hydrogens is 372 g/mol. The zero-order chi connectivity index (χ0) is 20.3. The molecular formula is C20H40O3Si3. The fourth-order valence-electron chi connectivity index (χ4n) is 2.90. The molecule has 0 aliphatic rings. The molecule has 0 radical (unpaired) electrons. The summed E-state index contributed by atoms with van der Waals surface area (Å²) in [6.45, 7) is 24.6. The summed E-state index contributed by atoms with van der Waals surface area (Å²) in [6, 6.07) is 6.46. The van der Waals surface area contributed by atoms with E-state index in [2.05, 4.69) is 63.0 Å². The molecule has 0 unspecified atom stereocenters. The fraction of sp³-hybridized carbons (Fsp3) is 0.650. The van der Waals surface area contributed by atoms with Crippen molar-refractivity contribution in [1.82, 2.24) is 0 Å². The molecule has 150 valence electrons. The van der Waals surface area contributed by atoms with Crippen LogP contribution in [0.4, 0.5) is 4.79 Å². The maximum atomic E-state index is 11.2. The average molecular weight is 413 g/mol. The van der Waals surface area contributed by atoms with Crippen LogP contribution in [0.25, 0.3) is 0 Å². The first kappa shape index (κ1) is 25.1. The predicted octanol–water partition coefficient (Wildman–Crippen LogP) is 6.59. The Hall–Kier alpha value is -0.859. The predicted molar refractivity (Wildman–Crippen MR) is 123 cm³/mol. The van der Waals surface area contributed by atoms with Gasteiger partial charge in [-0.25, -0.2) is 4.79 Å². The molecule has 0 saturated carbocycles. The summed E-state index contributed by atoms with van der Waals surface area (Å²) in [5.74, 6) is 0. The molecule has 0 saturated heterocycles. The van der Waals surface area contributed by atoms with E-state index < -0.39 is 30.4 Å². The van der Waals surface area contributed by atoms with Gasteiger partial charge in [-0.3, -0.25) is 0 Å². The number of hydrogen-bond acceptors (Lipinski definition) is 3. The van der Waals surface area contributed by atoms with Crippen molar-refractivity contribution in [2.24, 2.45) is 0 Å². The van der Waals surface area contributed by atoms with E-state index >= 15 is 0 Å². The number of ether oxygens (including phenoxy) is 2. The number of carbonyl (C=O) groups excluding carboxylic acids is 1. The summed E-state index contributed by atoms with van der Waals surface area (Å²) in [5.41, 5.74) is 6.33. The Kier molecular flexibility index (Phi) is 11.4. The summed E-state index contributed by atoms with van der Waals surface area (Å²) in [4.78, 5) is 11.2. The summed E-state index contributed by atoms with van der Waals surface area (Å²) in [5, 5.41) is 0. The van der Waals surface area contributed by atoms with Gasteiger partial charge < -0.3 is 9.47 Å². The molecule has 0 heterocycles. The van der Waals surface area contributed by atoms with Crippen LogP contribution in [0, 0.1) is 0 Å². The molecule has 0 bridgehead atoms. The van der Waals surface area contributed by atoms with Gasteiger partial charge in [-0.15, -0.1) is 19.7 Å². The van der Waals surface area contributed by atoms with E-state index in [4.69, 9.17) is 9.47 Å². The Labute approximate surface area is 164 Å². The average Bonchev–Trinajstić information content (AvgIpc) is 2.59. The molecule has 0 fully saturated rings. The highest BCUT2D eigenvalue weighted by Crippen LogP contribution is 2.30. The minimum Gasteiger partial charge on any atom is -0.435 e. The third-order valence-corrected chi connectivity index (χ3v) is 16.2. The van der Waals surface area contributed by atoms with Crippen molar-refractivity contribution in [1.29, 1.82) is 0 Å². The molecule has 26 heavy (non-hydrogen) atoms. The second-order valence-electron chi connectivity index (χ2n) is 8.69. The first-order chi connectivity index (χ1) is 12.1. The molecule has 0 rings (SSSR count). The third-order valence-electron chi connectivity index (χ3n) is 5.33. The van der Waals surface area contributed by atoms with Crippen molar-refractivity contribution in [3.05, 3.63) is 36.8 Å². The summed E-state index contributed by atoms with van der Waals surface area (Å²) >= 11 is 0. The van der Waals surface area contributed by atoms with Crippen LogP contribution in [0.5, 0.6) is 0 Å². The summed E-state index contributed by atoms with van der Waals surface area (Å²) < 4.78 is 9.87. The van der Waals surface area contributed by atoms with Gasteiger partial charge in [0.05, 0.1) is 13.2 Å². The third kappa shape index (κ3) is 10.3. The second-order valence-corrected chi connectivity index (χ2v) is 23.3. The molecule has 0 spiro atoms. The van der Waals surface area contributed by atoms with Gasteiger partial charge in [0.2, 0.25) is 0 Å². The van der Waals surface area contributed by atoms with Gasteiger partial charge >= 0.3 is 6.16 Å². The van der Waals surface area contributed by atoms with Crippen LogP contribution in [0.2, 0.25) is 56.4 Å². The zero-order valence-electron chi connectivity index (χ0n) is 17.7. The normalized spacial score (nSPS) is 12.3. The highest BCUT2D eigenvalue weighted by molar-refractivity contribution is 6.94. The van der Waals surface area contributed by atoms with Gasteiger partial charge in [0.15, 0.2) is 0 Å². The van der Waals surface area contributed by atoms with E-state index in [-0.39, 0.29) is 0 Å². The van der Waals surface area contributed by atoms with E-state index in [9.17, 15) is 4.79 Å². The van der Waals surface area contributed by atoms with Crippen molar-refractivity contribution in [2.45, 2.75) is 69.8 Å². The van der Waals surface area contributed by atoms with E-state index in [1.165, 1.54) is 30.2 Å². The smallest absolute Gasteiger partial charge is 0.435 e. The molecule has 0 amide bonds. The van der Waals surface area contributed by atoms with Crippen LogP contribution in [0.1, 0.15) is 13.3 Å². The van der Waals surface area contributed by atoms with Gasteiger partial charge in [-0.05, 0) is 19.4 Å². The van der Waals surface area contributed by atoms with Crippen molar-refractivity contribution < 1.29 is 14.3 Å². The maximum absolute atomic E-state index is 11.2. The Bertz CT molecular complexity index is 451. The van der Waals surface area contributed by atoms with Crippen LogP contribution < -0.4 is 0 Å². The lowest BCUT2D eigenvalue weighted by Crippen LogP contribution is -2.35. The lowest BCUT2D eigenvalue weighted by molar-refractivity contribution is 0.0591. The van der Waals surface area contributed by atoms with Crippen molar-refractivity contribution in [3.8, 4) is 0 Å². The SMILES string of the molecule is C=C[Si](C=C)(C=C)CC[Si](C)(C)CC[Si](C)(C)CCCOC(=O)OCC. The molecule has 0 atom stereocenters. The first-order valence-corrected chi connectivity index (χ1v) is 19.0. The van der Waals surface area contributed by atoms with Crippen molar-refractivity contribution in [2.75, 3.05) is 13.2 Å². The quantitative estimate of drug-likeness (QED) is 0.183. The van der Waals surface area contributed by atoms with Crippen LogP contribution >= 0.6 is 0 Å². The minimum atomic E-state index is -1.67. The highest BCUT2D eigenvalue weighted by atomic mass is 28.3. The van der Waals surface area contributed by atoms with Gasteiger partial charge in [-0.2, -0.15) is 0 Å². The highest BCUT2D eigenvalue weighted by Gasteiger charge is 2.30. The molecule has 0 N–H and O–H groups in total. The molecule has 0 aromatic heterocycles. The van der Waals surface area contributed by atoms with Crippen LogP contribution in [-0.2, 0) is 9.47 Å². The lowest BCUT2D eigenvalue weighted by Gasteiger charge is -2.31. The Balaban J connectivity index is 4.33. The standard InChI is InChI=1S/C20H40O3Si3/c1-9-22-20(21)23-14-13-15-24(5,6)16-17-25(7,8)18-19-26(10-2,11-3)12-4/h10-12H,2-4,9,13-19H2,1,5-8H3. The Morgan fingerprint density at radius 3 is 1.73 bits per heavy atom.